The molecule has 0 amide bonds. The van der Waals surface area contributed by atoms with Gasteiger partial charge in [-0.2, -0.15) is 0 Å². The van der Waals surface area contributed by atoms with E-state index in [0.717, 1.165) is 17.5 Å². The number of halogens is 2. The van der Waals surface area contributed by atoms with Gasteiger partial charge in [-0.3, -0.25) is 0 Å². The van der Waals surface area contributed by atoms with Crippen LogP contribution in [0, 0.1) is 0 Å². The van der Waals surface area contributed by atoms with Crippen LogP contribution in [0.4, 0.5) is 0 Å². The van der Waals surface area contributed by atoms with Crippen LogP contribution >= 0.6 is 23.2 Å². The second kappa shape index (κ2) is 5.72. The number of hydrogen-bond donors (Lipinski definition) is 2. The fourth-order valence-corrected chi connectivity index (χ4v) is 2.74. The monoisotopic (exact) mass is 296 g/mol. The lowest BCUT2D eigenvalue weighted by molar-refractivity contribution is 0.473. The Balaban J connectivity index is 2.57. The van der Waals surface area contributed by atoms with Crippen LogP contribution in [0.1, 0.15) is 30.4 Å². The molecule has 0 spiro atoms. The van der Waals surface area contributed by atoms with E-state index in [1.54, 1.807) is 24.3 Å². The number of phenolic OH excluding ortho intramolecular Hbond substituents is 2. The van der Waals surface area contributed by atoms with Gasteiger partial charge in [0.1, 0.15) is 11.5 Å². The molecule has 0 unspecified atom stereocenters. The van der Waals surface area contributed by atoms with Gasteiger partial charge in [-0.05, 0) is 29.7 Å². The van der Waals surface area contributed by atoms with Gasteiger partial charge in [-0.1, -0.05) is 54.4 Å². The summed E-state index contributed by atoms with van der Waals surface area (Å²) in [7, 11) is 0. The van der Waals surface area contributed by atoms with Crippen LogP contribution < -0.4 is 0 Å². The average Bonchev–Trinajstić information content (AvgIpc) is 2.40. The molecule has 0 atom stereocenters. The molecule has 0 aliphatic carbocycles. The number of rotatable bonds is 3. The van der Waals surface area contributed by atoms with E-state index < -0.39 is 0 Å². The van der Waals surface area contributed by atoms with Gasteiger partial charge in [0.15, 0.2) is 0 Å². The quantitative estimate of drug-likeness (QED) is 0.841. The third-order valence-corrected chi connectivity index (χ3v) is 4.00. The van der Waals surface area contributed by atoms with Crippen molar-refractivity contribution in [3.05, 3.63) is 57.6 Å². The Kier molecular flexibility index (Phi) is 4.23. The first kappa shape index (κ1) is 14.0. The minimum Gasteiger partial charge on any atom is -0.506 e. The van der Waals surface area contributed by atoms with Crippen LogP contribution in [0.2, 0.25) is 10.0 Å². The summed E-state index contributed by atoms with van der Waals surface area (Å²) in [6.07, 6.45) is 0.756. The summed E-state index contributed by atoms with van der Waals surface area (Å²) >= 11 is 12.3. The number of hydrogen-bond acceptors (Lipinski definition) is 2. The predicted molar refractivity (Wildman–Crippen MR) is 78.4 cm³/mol. The van der Waals surface area contributed by atoms with Gasteiger partial charge < -0.3 is 10.2 Å². The second-order valence-corrected chi connectivity index (χ2v) is 5.08. The molecule has 100 valence electrons. The Morgan fingerprint density at radius 1 is 0.895 bits per heavy atom. The molecule has 0 bridgehead atoms. The first-order valence-electron chi connectivity index (χ1n) is 6.01. The zero-order valence-corrected chi connectivity index (χ0v) is 11.9. The third-order valence-electron chi connectivity index (χ3n) is 3.18. The number of phenols is 2. The molecular weight excluding hydrogens is 283 g/mol. The normalized spacial score (nSPS) is 10.9. The van der Waals surface area contributed by atoms with Crippen molar-refractivity contribution in [2.45, 2.75) is 19.3 Å². The van der Waals surface area contributed by atoms with Gasteiger partial charge in [0, 0.05) is 5.92 Å². The molecule has 19 heavy (non-hydrogen) atoms. The Morgan fingerprint density at radius 3 is 1.68 bits per heavy atom. The van der Waals surface area contributed by atoms with E-state index in [4.69, 9.17) is 23.2 Å². The molecule has 2 aromatic rings. The minimum atomic E-state index is -0.0702. The van der Waals surface area contributed by atoms with Gasteiger partial charge in [0.05, 0.1) is 10.0 Å². The topological polar surface area (TPSA) is 40.5 Å². The molecule has 0 fully saturated rings. The summed E-state index contributed by atoms with van der Waals surface area (Å²) in [6.45, 7) is 2.01. The van der Waals surface area contributed by atoms with Crippen molar-refractivity contribution in [1.29, 1.82) is 0 Å². The Labute approximate surface area is 122 Å². The van der Waals surface area contributed by atoms with Gasteiger partial charge in [0.2, 0.25) is 0 Å². The van der Waals surface area contributed by atoms with Crippen LogP contribution in [0.5, 0.6) is 11.5 Å². The van der Waals surface area contributed by atoms with Gasteiger partial charge >= 0.3 is 0 Å². The summed E-state index contributed by atoms with van der Waals surface area (Å²) in [5.74, 6) is 0.0296. The van der Waals surface area contributed by atoms with Crippen LogP contribution in [0.3, 0.4) is 0 Å². The maximum absolute atomic E-state index is 9.70. The summed E-state index contributed by atoms with van der Waals surface area (Å²) in [6, 6.07) is 10.3. The molecule has 0 radical (unpaired) electrons. The van der Waals surface area contributed by atoms with Crippen LogP contribution in [0.25, 0.3) is 0 Å². The minimum absolute atomic E-state index is 0.0499. The number of aromatic hydroxyl groups is 2. The van der Waals surface area contributed by atoms with Crippen molar-refractivity contribution in [1.82, 2.24) is 0 Å². The van der Waals surface area contributed by atoms with E-state index in [1.165, 1.54) is 0 Å². The first-order valence-corrected chi connectivity index (χ1v) is 6.76. The highest BCUT2D eigenvalue weighted by atomic mass is 35.5. The summed E-state index contributed by atoms with van der Waals surface area (Å²) in [4.78, 5) is 0. The lowest BCUT2D eigenvalue weighted by Gasteiger charge is -2.19. The zero-order valence-electron chi connectivity index (χ0n) is 10.4. The summed E-state index contributed by atoms with van der Waals surface area (Å²) in [5, 5.41) is 20.1. The second-order valence-electron chi connectivity index (χ2n) is 4.32. The van der Waals surface area contributed by atoms with Crippen LogP contribution in [0.15, 0.2) is 36.4 Å². The first-order chi connectivity index (χ1) is 9.06. The van der Waals surface area contributed by atoms with Crippen LogP contribution in [-0.4, -0.2) is 10.2 Å². The summed E-state index contributed by atoms with van der Waals surface area (Å²) in [5.41, 5.74) is 1.60. The van der Waals surface area contributed by atoms with Gasteiger partial charge in [-0.15, -0.1) is 0 Å². The smallest absolute Gasteiger partial charge is 0.134 e. The van der Waals surface area contributed by atoms with Crippen molar-refractivity contribution in [2.75, 3.05) is 0 Å². The SMILES string of the molecule is CCC(c1cccc(O)c1Cl)c1cccc(O)c1Cl. The molecule has 0 aliphatic rings. The standard InChI is InChI=1S/C15H14Cl2O2/c1-2-9(10-5-3-7-12(18)14(10)16)11-6-4-8-13(19)15(11)17/h3-9,18-19H,2H2,1H3. The Morgan fingerprint density at radius 2 is 1.32 bits per heavy atom. The van der Waals surface area contributed by atoms with Crippen molar-refractivity contribution in [3.63, 3.8) is 0 Å². The highest BCUT2D eigenvalue weighted by molar-refractivity contribution is 6.33. The van der Waals surface area contributed by atoms with Gasteiger partial charge in [-0.25, -0.2) is 0 Å². The molecular formula is C15H14Cl2O2. The Hall–Kier alpha value is -1.38. The lowest BCUT2D eigenvalue weighted by Crippen LogP contribution is -2.01. The summed E-state index contributed by atoms with van der Waals surface area (Å²) < 4.78 is 0. The lowest BCUT2D eigenvalue weighted by atomic mass is 9.88. The predicted octanol–water partition coefficient (Wildman–Crippen LogP) is 4.95. The molecule has 0 saturated heterocycles. The maximum Gasteiger partial charge on any atom is 0.134 e. The molecule has 2 N–H and O–H groups in total. The fourth-order valence-electron chi connectivity index (χ4n) is 2.22. The average molecular weight is 297 g/mol. The van der Waals surface area contributed by atoms with Crippen molar-refractivity contribution in [3.8, 4) is 11.5 Å². The van der Waals surface area contributed by atoms with E-state index in [-0.39, 0.29) is 17.4 Å². The zero-order chi connectivity index (χ0) is 14.0. The van der Waals surface area contributed by atoms with E-state index >= 15 is 0 Å². The molecule has 2 aromatic carbocycles. The van der Waals surface area contributed by atoms with Crippen molar-refractivity contribution < 1.29 is 10.2 Å². The third kappa shape index (κ3) is 2.65. The van der Waals surface area contributed by atoms with E-state index in [0.29, 0.717) is 10.0 Å². The number of benzene rings is 2. The highest BCUT2D eigenvalue weighted by Crippen LogP contribution is 2.41. The molecule has 4 heteroatoms. The van der Waals surface area contributed by atoms with Crippen molar-refractivity contribution in [2.24, 2.45) is 0 Å². The molecule has 2 nitrogen and oxygen atoms in total. The van der Waals surface area contributed by atoms with Gasteiger partial charge in [0.25, 0.3) is 0 Å². The fraction of sp³-hybridized carbons (Fsp3) is 0.200. The molecule has 0 heterocycles. The van der Waals surface area contributed by atoms with E-state index in [1.807, 2.05) is 19.1 Å². The largest absolute Gasteiger partial charge is 0.506 e. The van der Waals surface area contributed by atoms with E-state index in [9.17, 15) is 10.2 Å². The molecule has 0 aliphatic heterocycles. The molecule has 0 aromatic heterocycles. The molecule has 0 saturated carbocycles. The van der Waals surface area contributed by atoms with Crippen molar-refractivity contribution >= 4 is 23.2 Å². The van der Waals surface area contributed by atoms with E-state index in [2.05, 4.69) is 0 Å². The Bertz CT molecular complexity index is 545. The highest BCUT2D eigenvalue weighted by Gasteiger charge is 2.20. The molecule has 2 rings (SSSR count). The van der Waals surface area contributed by atoms with Crippen LogP contribution in [-0.2, 0) is 0 Å². The maximum atomic E-state index is 9.70.